The standard InChI is InChI=1S/C19H40N4/c1-17(2)15-18-11-14-23(16-18)19(20-3)21-12-9-7-6-8-10-13-22(4)5/h17-18H,6-16H2,1-5H3,(H,20,21). The Hall–Kier alpha value is -0.770. The molecule has 0 spiro atoms. The van der Waals surface area contributed by atoms with Crippen LogP contribution >= 0.6 is 0 Å². The predicted molar refractivity (Wildman–Crippen MR) is 102 cm³/mol. The first-order chi connectivity index (χ1) is 11.0. The van der Waals surface area contributed by atoms with Crippen molar-refractivity contribution in [3.8, 4) is 0 Å². The molecule has 0 radical (unpaired) electrons. The summed E-state index contributed by atoms with van der Waals surface area (Å²) in [4.78, 5) is 9.20. The van der Waals surface area contributed by atoms with Crippen LogP contribution < -0.4 is 5.32 Å². The molecule has 0 saturated carbocycles. The van der Waals surface area contributed by atoms with Crippen molar-refractivity contribution in [1.29, 1.82) is 0 Å². The molecule has 1 rings (SSSR count). The summed E-state index contributed by atoms with van der Waals surface area (Å²) in [6.45, 7) is 9.29. The first kappa shape index (κ1) is 20.3. The van der Waals surface area contributed by atoms with Gasteiger partial charge in [0.05, 0.1) is 0 Å². The van der Waals surface area contributed by atoms with E-state index >= 15 is 0 Å². The van der Waals surface area contributed by atoms with E-state index in [1.165, 1.54) is 64.6 Å². The van der Waals surface area contributed by atoms with Gasteiger partial charge < -0.3 is 15.1 Å². The average Bonchev–Trinajstić information content (AvgIpc) is 2.93. The van der Waals surface area contributed by atoms with E-state index in [-0.39, 0.29) is 0 Å². The van der Waals surface area contributed by atoms with Gasteiger partial charge in [-0.2, -0.15) is 0 Å². The van der Waals surface area contributed by atoms with Gasteiger partial charge >= 0.3 is 0 Å². The third-order valence-corrected chi connectivity index (χ3v) is 4.67. The second kappa shape index (κ2) is 11.7. The van der Waals surface area contributed by atoms with Crippen LogP contribution in [0.2, 0.25) is 0 Å². The van der Waals surface area contributed by atoms with Gasteiger partial charge in [-0.25, -0.2) is 0 Å². The number of hydrogen-bond donors (Lipinski definition) is 1. The van der Waals surface area contributed by atoms with Crippen LogP contribution in [0.4, 0.5) is 0 Å². The van der Waals surface area contributed by atoms with Crippen LogP contribution in [0.15, 0.2) is 4.99 Å². The Labute approximate surface area is 144 Å². The summed E-state index contributed by atoms with van der Waals surface area (Å²) in [5, 5.41) is 3.56. The van der Waals surface area contributed by atoms with Crippen molar-refractivity contribution in [3.63, 3.8) is 0 Å². The van der Waals surface area contributed by atoms with E-state index in [0.717, 1.165) is 24.3 Å². The van der Waals surface area contributed by atoms with Crippen LogP contribution in [0.25, 0.3) is 0 Å². The molecule has 0 bridgehead atoms. The van der Waals surface area contributed by atoms with Crippen LogP contribution in [0, 0.1) is 11.8 Å². The minimum atomic E-state index is 0.808. The zero-order valence-corrected chi connectivity index (χ0v) is 16.3. The third kappa shape index (κ3) is 9.19. The summed E-state index contributed by atoms with van der Waals surface area (Å²) in [6, 6.07) is 0. The molecule has 4 heteroatoms. The highest BCUT2D eigenvalue weighted by Crippen LogP contribution is 2.23. The normalized spacial score (nSPS) is 19.2. The molecular formula is C19H40N4. The monoisotopic (exact) mass is 324 g/mol. The maximum atomic E-state index is 4.48. The van der Waals surface area contributed by atoms with Crippen LogP contribution in [0.5, 0.6) is 0 Å². The summed E-state index contributed by atoms with van der Waals surface area (Å²) in [7, 11) is 6.22. The predicted octanol–water partition coefficient (Wildman–Crippen LogP) is 3.44. The van der Waals surface area contributed by atoms with Crippen LogP contribution in [0.3, 0.4) is 0 Å². The van der Waals surface area contributed by atoms with Crippen LogP contribution in [-0.4, -0.2) is 63.1 Å². The lowest BCUT2D eigenvalue weighted by Gasteiger charge is -2.22. The molecule has 4 nitrogen and oxygen atoms in total. The fourth-order valence-corrected chi connectivity index (χ4v) is 3.50. The fourth-order valence-electron chi connectivity index (χ4n) is 3.50. The van der Waals surface area contributed by atoms with E-state index in [4.69, 9.17) is 0 Å². The van der Waals surface area contributed by atoms with Crippen molar-refractivity contribution < 1.29 is 0 Å². The molecule has 1 N–H and O–H groups in total. The van der Waals surface area contributed by atoms with Gasteiger partial charge in [0.1, 0.15) is 0 Å². The van der Waals surface area contributed by atoms with Gasteiger partial charge in [-0.1, -0.05) is 33.1 Å². The molecule has 23 heavy (non-hydrogen) atoms. The fraction of sp³-hybridized carbons (Fsp3) is 0.947. The Balaban J connectivity index is 2.09. The summed E-state index contributed by atoms with van der Waals surface area (Å²) in [5.41, 5.74) is 0. The molecule has 1 unspecified atom stereocenters. The third-order valence-electron chi connectivity index (χ3n) is 4.67. The smallest absolute Gasteiger partial charge is 0.193 e. The molecule has 1 fully saturated rings. The molecule has 136 valence electrons. The quantitative estimate of drug-likeness (QED) is 0.379. The molecule has 1 aliphatic rings. The Morgan fingerprint density at radius 1 is 1.17 bits per heavy atom. The highest BCUT2D eigenvalue weighted by Gasteiger charge is 2.24. The second-order valence-corrected chi connectivity index (χ2v) is 7.78. The second-order valence-electron chi connectivity index (χ2n) is 7.78. The largest absolute Gasteiger partial charge is 0.356 e. The highest BCUT2D eigenvalue weighted by molar-refractivity contribution is 5.80. The summed E-state index contributed by atoms with van der Waals surface area (Å²) in [6.07, 6.45) is 9.29. The molecule has 1 aliphatic heterocycles. The average molecular weight is 325 g/mol. The van der Waals surface area contributed by atoms with E-state index in [1.807, 2.05) is 7.05 Å². The molecule has 0 aliphatic carbocycles. The molecule has 0 aromatic rings. The molecule has 1 saturated heterocycles. The topological polar surface area (TPSA) is 30.9 Å². The van der Waals surface area contributed by atoms with E-state index in [2.05, 4.69) is 48.1 Å². The number of aliphatic imine (C=N–C) groups is 1. The van der Waals surface area contributed by atoms with Crippen molar-refractivity contribution in [3.05, 3.63) is 0 Å². The maximum absolute atomic E-state index is 4.48. The van der Waals surface area contributed by atoms with Gasteiger partial charge in [-0.3, -0.25) is 4.99 Å². The lowest BCUT2D eigenvalue weighted by Crippen LogP contribution is -2.40. The Kier molecular flexibility index (Phi) is 10.3. The molecule has 0 aromatic heterocycles. The number of unbranched alkanes of at least 4 members (excludes halogenated alkanes) is 4. The SMILES string of the molecule is CN=C(NCCCCCCCN(C)C)N1CCC(CC(C)C)C1. The number of nitrogens with one attached hydrogen (secondary N) is 1. The van der Waals surface area contributed by atoms with Gasteiger partial charge in [0.25, 0.3) is 0 Å². The number of rotatable bonds is 10. The van der Waals surface area contributed by atoms with Crippen molar-refractivity contribution in [1.82, 2.24) is 15.1 Å². The van der Waals surface area contributed by atoms with Crippen LogP contribution in [0.1, 0.15) is 58.8 Å². The molecule has 1 atom stereocenters. The number of guanidine groups is 1. The lowest BCUT2D eigenvalue weighted by atomic mass is 9.97. The van der Waals surface area contributed by atoms with E-state index in [0.29, 0.717) is 0 Å². The lowest BCUT2D eigenvalue weighted by molar-refractivity contribution is 0.389. The molecule has 1 heterocycles. The number of hydrogen-bond acceptors (Lipinski definition) is 2. The first-order valence-electron chi connectivity index (χ1n) is 9.63. The zero-order valence-electron chi connectivity index (χ0n) is 16.3. The van der Waals surface area contributed by atoms with E-state index < -0.39 is 0 Å². The molecular weight excluding hydrogens is 284 g/mol. The maximum Gasteiger partial charge on any atom is 0.193 e. The van der Waals surface area contributed by atoms with Crippen molar-refractivity contribution in [2.75, 3.05) is 47.3 Å². The van der Waals surface area contributed by atoms with Gasteiger partial charge in [-0.05, 0) is 58.2 Å². The summed E-state index contributed by atoms with van der Waals surface area (Å²) < 4.78 is 0. The Morgan fingerprint density at radius 3 is 2.52 bits per heavy atom. The first-order valence-corrected chi connectivity index (χ1v) is 9.63. The summed E-state index contributed by atoms with van der Waals surface area (Å²) in [5.74, 6) is 2.77. The van der Waals surface area contributed by atoms with Gasteiger partial charge in [0, 0.05) is 26.7 Å². The Bertz CT molecular complexity index is 325. The molecule has 0 amide bonds. The number of nitrogens with zero attached hydrogens (tertiary/aromatic N) is 3. The van der Waals surface area contributed by atoms with Crippen molar-refractivity contribution >= 4 is 5.96 Å². The Morgan fingerprint density at radius 2 is 1.87 bits per heavy atom. The van der Waals surface area contributed by atoms with Gasteiger partial charge in [0.2, 0.25) is 0 Å². The highest BCUT2D eigenvalue weighted by atomic mass is 15.3. The molecule has 0 aromatic carbocycles. The van der Waals surface area contributed by atoms with Crippen molar-refractivity contribution in [2.24, 2.45) is 16.8 Å². The number of likely N-dealkylation sites (tertiary alicyclic amines) is 1. The van der Waals surface area contributed by atoms with Crippen molar-refractivity contribution in [2.45, 2.75) is 58.8 Å². The van der Waals surface area contributed by atoms with E-state index in [9.17, 15) is 0 Å². The zero-order chi connectivity index (χ0) is 17.1. The summed E-state index contributed by atoms with van der Waals surface area (Å²) >= 11 is 0. The van der Waals surface area contributed by atoms with Crippen LogP contribution in [-0.2, 0) is 0 Å². The van der Waals surface area contributed by atoms with Gasteiger partial charge in [-0.15, -0.1) is 0 Å². The van der Waals surface area contributed by atoms with E-state index in [1.54, 1.807) is 0 Å². The van der Waals surface area contributed by atoms with Gasteiger partial charge in [0.15, 0.2) is 5.96 Å². The minimum absolute atomic E-state index is 0.808. The minimum Gasteiger partial charge on any atom is -0.356 e.